The van der Waals surface area contributed by atoms with E-state index < -0.39 is 6.10 Å². The monoisotopic (exact) mass is 263 g/mol. The summed E-state index contributed by atoms with van der Waals surface area (Å²) in [4.78, 5) is 4.11. The molecule has 0 amide bonds. The van der Waals surface area contributed by atoms with Crippen molar-refractivity contribution in [2.75, 3.05) is 19.6 Å². The molecule has 2 aromatic rings. The molecule has 104 valence electrons. The summed E-state index contributed by atoms with van der Waals surface area (Å²) in [6.07, 6.45) is 0.963. The molecule has 0 aliphatic rings. The highest BCUT2D eigenvalue weighted by Gasteiger charge is 2.21. The van der Waals surface area contributed by atoms with Crippen LogP contribution in [0.5, 0.6) is 0 Å². The van der Waals surface area contributed by atoms with Crippen LogP contribution in [0.2, 0.25) is 0 Å². The lowest BCUT2D eigenvalue weighted by Gasteiger charge is -2.26. The first-order valence-corrected chi connectivity index (χ1v) is 6.45. The van der Waals surface area contributed by atoms with Crippen LogP contribution in [0.25, 0.3) is 11.1 Å². The quantitative estimate of drug-likeness (QED) is 0.724. The van der Waals surface area contributed by atoms with Crippen molar-refractivity contribution in [3.8, 4) is 0 Å². The van der Waals surface area contributed by atoms with Gasteiger partial charge in [0.2, 0.25) is 0 Å². The van der Waals surface area contributed by atoms with Gasteiger partial charge in [0.15, 0.2) is 12.0 Å². The summed E-state index contributed by atoms with van der Waals surface area (Å²) in [5.41, 5.74) is 8.15. The molecule has 1 atom stereocenters. The zero-order valence-corrected chi connectivity index (χ0v) is 11.4. The Labute approximate surface area is 112 Å². The van der Waals surface area contributed by atoms with Crippen molar-refractivity contribution < 1.29 is 9.52 Å². The van der Waals surface area contributed by atoms with Gasteiger partial charge in [0.1, 0.15) is 5.52 Å². The Morgan fingerprint density at radius 2 is 2.26 bits per heavy atom. The average molecular weight is 263 g/mol. The smallest absolute Gasteiger partial charge is 0.181 e. The van der Waals surface area contributed by atoms with E-state index in [-0.39, 0.29) is 12.0 Å². The number of oxazole rings is 1. The van der Waals surface area contributed by atoms with E-state index in [1.165, 1.54) is 12.0 Å². The Balaban J connectivity index is 2.05. The largest absolute Gasteiger partial charge is 0.443 e. The number of nitrogens with one attached hydrogen (secondary N) is 1. The number of rotatable bonds is 6. The summed E-state index contributed by atoms with van der Waals surface area (Å²) in [6, 6.07) is 6.04. The second-order valence-corrected chi connectivity index (χ2v) is 5.44. The van der Waals surface area contributed by atoms with Crippen LogP contribution < -0.4 is 11.1 Å². The summed E-state index contributed by atoms with van der Waals surface area (Å²) in [6.45, 7) is 5.82. The Kier molecular flexibility index (Phi) is 4.19. The predicted octanol–water partition coefficient (Wildman–Crippen LogP) is 1.01. The van der Waals surface area contributed by atoms with Gasteiger partial charge in [-0.25, -0.2) is 4.98 Å². The Bertz CT molecular complexity index is 536. The number of aliphatic hydroxyl groups is 1. The molecular weight excluding hydrogens is 242 g/mol. The van der Waals surface area contributed by atoms with Crippen molar-refractivity contribution in [2.24, 2.45) is 5.73 Å². The number of nitrogens with two attached hydrogens (primary N) is 1. The standard InChI is InChI=1S/C14H21N3O2/c1-14(2,8-16-7-11(18)6-15)10-3-4-12-13(5-10)19-9-17-12/h3-5,9,11,16,18H,6-8,15H2,1-2H3. The zero-order valence-electron chi connectivity index (χ0n) is 11.4. The number of fused-ring (bicyclic) bond motifs is 1. The van der Waals surface area contributed by atoms with Gasteiger partial charge in [-0.05, 0) is 17.7 Å². The molecule has 4 N–H and O–H groups in total. The first-order valence-electron chi connectivity index (χ1n) is 6.45. The maximum atomic E-state index is 9.43. The van der Waals surface area contributed by atoms with E-state index in [1.54, 1.807) is 0 Å². The molecule has 5 nitrogen and oxygen atoms in total. The molecule has 5 heteroatoms. The van der Waals surface area contributed by atoms with E-state index in [2.05, 4.69) is 30.2 Å². The lowest BCUT2D eigenvalue weighted by molar-refractivity contribution is 0.177. The summed E-state index contributed by atoms with van der Waals surface area (Å²) in [7, 11) is 0. The van der Waals surface area contributed by atoms with Crippen LogP contribution in [-0.2, 0) is 5.41 Å². The van der Waals surface area contributed by atoms with Gasteiger partial charge in [0.05, 0.1) is 6.10 Å². The molecule has 19 heavy (non-hydrogen) atoms. The van der Waals surface area contributed by atoms with E-state index in [9.17, 15) is 5.11 Å². The van der Waals surface area contributed by atoms with Crippen molar-refractivity contribution in [1.29, 1.82) is 0 Å². The molecule has 0 aliphatic heterocycles. The molecule has 0 spiro atoms. The molecule has 0 saturated carbocycles. The molecule has 1 unspecified atom stereocenters. The number of nitrogens with zero attached hydrogens (tertiary/aromatic N) is 1. The van der Waals surface area contributed by atoms with E-state index >= 15 is 0 Å². The van der Waals surface area contributed by atoms with Gasteiger partial charge < -0.3 is 20.6 Å². The fourth-order valence-electron chi connectivity index (χ4n) is 2.01. The van der Waals surface area contributed by atoms with E-state index in [4.69, 9.17) is 10.2 Å². The minimum absolute atomic E-state index is 0.0602. The summed E-state index contributed by atoms with van der Waals surface area (Å²) >= 11 is 0. The lowest BCUT2D eigenvalue weighted by Crippen LogP contribution is -2.39. The first-order chi connectivity index (χ1) is 9.03. The topological polar surface area (TPSA) is 84.3 Å². The molecule has 1 aromatic carbocycles. The summed E-state index contributed by atoms with van der Waals surface area (Å²) in [5, 5.41) is 12.7. The Morgan fingerprint density at radius 1 is 1.47 bits per heavy atom. The SMILES string of the molecule is CC(C)(CNCC(O)CN)c1ccc2ncoc2c1. The van der Waals surface area contributed by atoms with Crippen molar-refractivity contribution >= 4 is 11.1 Å². The number of aromatic nitrogens is 1. The minimum atomic E-state index is -0.493. The van der Waals surface area contributed by atoms with Gasteiger partial charge in [-0.1, -0.05) is 19.9 Å². The molecule has 0 radical (unpaired) electrons. The molecule has 0 saturated heterocycles. The van der Waals surface area contributed by atoms with Crippen LogP contribution in [-0.4, -0.2) is 35.8 Å². The third-order valence-corrected chi connectivity index (χ3v) is 3.33. The van der Waals surface area contributed by atoms with Crippen molar-refractivity contribution in [2.45, 2.75) is 25.4 Å². The Hall–Kier alpha value is -1.43. The molecule has 0 aliphatic carbocycles. The molecule has 1 heterocycles. The van der Waals surface area contributed by atoms with Crippen molar-refractivity contribution in [1.82, 2.24) is 10.3 Å². The summed E-state index contributed by atoms with van der Waals surface area (Å²) < 4.78 is 5.33. The molecule has 1 aromatic heterocycles. The first kappa shape index (κ1) is 14.0. The van der Waals surface area contributed by atoms with Crippen LogP contribution in [0.4, 0.5) is 0 Å². The average Bonchev–Trinajstić information content (AvgIpc) is 2.85. The minimum Gasteiger partial charge on any atom is -0.443 e. The third kappa shape index (κ3) is 3.32. The molecule has 0 bridgehead atoms. The highest BCUT2D eigenvalue weighted by Crippen LogP contribution is 2.25. The zero-order chi connectivity index (χ0) is 13.9. The van der Waals surface area contributed by atoms with Crippen molar-refractivity contribution in [3.63, 3.8) is 0 Å². The van der Waals surface area contributed by atoms with Crippen LogP contribution in [0.3, 0.4) is 0 Å². The Morgan fingerprint density at radius 3 is 3.00 bits per heavy atom. The van der Waals surface area contributed by atoms with Crippen LogP contribution in [0.15, 0.2) is 29.0 Å². The number of hydrogen-bond donors (Lipinski definition) is 3. The van der Waals surface area contributed by atoms with Crippen LogP contribution in [0.1, 0.15) is 19.4 Å². The van der Waals surface area contributed by atoms with Crippen LogP contribution in [0, 0.1) is 0 Å². The highest BCUT2D eigenvalue weighted by molar-refractivity contribution is 5.73. The van der Waals surface area contributed by atoms with Gasteiger partial charge in [-0.15, -0.1) is 0 Å². The molecule has 2 rings (SSSR count). The van der Waals surface area contributed by atoms with E-state index in [0.29, 0.717) is 6.54 Å². The fourth-order valence-corrected chi connectivity index (χ4v) is 2.01. The number of aliphatic hydroxyl groups excluding tert-OH is 1. The summed E-state index contributed by atoms with van der Waals surface area (Å²) in [5.74, 6) is 0. The number of benzene rings is 1. The maximum Gasteiger partial charge on any atom is 0.181 e. The highest BCUT2D eigenvalue weighted by atomic mass is 16.3. The fraction of sp³-hybridized carbons (Fsp3) is 0.500. The second-order valence-electron chi connectivity index (χ2n) is 5.44. The van der Waals surface area contributed by atoms with Gasteiger partial charge in [0.25, 0.3) is 0 Å². The molecule has 0 fully saturated rings. The van der Waals surface area contributed by atoms with Crippen LogP contribution >= 0.6 is 0 Å². The van der Waals surface area contributed by atoms with Gasteiger partial charge in [-0.3, -0.25) is 0 Å². The third-order valence-electron chi connectivity index (χ3n) is 3.33. The van der Waals surface area contributed by atoms with Gasteiger partial charge >= 0.3 is 0 Å². The second kappa shape index (κ2) is 5.69. The van der Waals surface area contributed by atoms with E-state index in [0.717, 1.165) is 17.6 Å². The number of hydrogen-bond acceptors (Lipinski definition) is 5. The normalized spacial score (nSPS) is 13.9. The van der Waals surface area contributed by atoms with Gasteiger partial charge in [-0.2, -0.15) is 0 Å². The molecular formula is C14H21N3O2. The lowest BCUT2D eigenvalue weighted by atomic mass is 9.84. The maximum absolute atomic E-state index is 9.43. The van der Waals surface area contributed by atoms with Gasteiger partial charge in [0, 0.05) is 25.0 Å². The van der Waals surface area contributed by atoms with E-state index in [1.807, 2.05) is 12.1 Å². The predicted molar refractivity (Wildman–Crippen MR) is 75.0 cm³/mol. The van der Waals surface area contributed by atoms with Crippen molar-refractivity contribution in [3.05, 3.63) is 30.2 Å².